The van der Waals surface area contributed by atoms with E-state index in [0.29, 0.717) is 11.3 Å². The zero-order valence-corrected chi connectivity index (χ0v) is 13.9. The summed E-state index contributed by atoms with van der Waals surface area (Å²) >= 11 is 0. The van der Waals surface area contributed by atoms with Gasteiger partial charge in [0, 0.05) is 0 Å². The smallest absolute Gasteiger partial charge is 0.178 e. The maximum Gasteiger partial charge on any atom is 0.178 e. The van der Waals surface area contributed by atoms with Crippen LogP contribution in [-0.2, 0) is 9.84 Å². The molecule has 0 fully saturated rings. The molecular formula is C19H20O3S. The van der Waals surface area contributed by atoms with Crippen molar-refractivity contribution in [3.63, 3.8) is 0 Å². The molecule has 1 aliphatic rings. The summed E-state index contributed by atoms with van der Waals surface area (Å²) in [6, 6.07) is 16.9. The van der Waals surface area contributed by atoms with Crippen molar-refractivity contribution in [2.75, 3.05) is 5.75 Å². The summed E-state index contributed by atoms with van der Waals surface area (Å²) in [6.45, 7) is 1.65. The van der Waals surface area contributed by atoms with Gasteiger partial charge in [-0.1, -0.05) is 49.4 Å². The molecule has 4 heteroatoms. The number of aliphatic hydroxyl groups excluding tert-OH is 1. The normalized spacial score (nSPS) is 18.4. The fourth-order valence-electron chi connectivity index (χ4n) is 3.08. The average Bonchev–Trinajstić information content (AvgIpc) is 2.97. The van der Waals surface area contributed by atoms with Gasteiger partial charge in [0.25, 0.3) is 0 Å². The zero-order chi connectivity index (χ0) is 16.4. The highest BCUT2D eigenvalue weighted by atomic mass is 32.2. The van der Waals surface area contributed by atoms with Crippen LogP contribution in [0.25, 0.3) is 11.1 Å². The predicted molar refractivity (Wildman–Crippen MR) is 92.7 cm³/mol. The fraction of sp³-hybridized carbons (Fsp3) is 0.263. The van der Waals surface area contributed by atoms with Gasteiger partial charge in [-0.05, 0) is 47.2 Å². The van der Waals surface area contributed by atoms with Crippen LogP contribution in [-0.4, -0.2) is 25.4 Å². The van der Waals surface area contributed by atoms with Crippen LogP contribution < -0.4 is 0 Å². The van der Waals surface area contributed by atoms with Gasteiger partial charge >= 0.3 is 0 Å². The van der Waals surface area contributed by atoms with Crippen LogP contribution >= 0.6 is 0 Å². The average molecular weight is 328 g/mol. The van der Waals surface area contributed by atoms with Gasteiger partial charge in [-0.3, -0.25) is 0 Å². The second-order valence-corrected chi connectivity index (χ2v) is 8.02. The molecule has 1 aliphatic carbocycles. The molecule has 2 aromatic carbocycles. The Morgan fingerprint density at radius 3 is 2.26 bits per heavy atom. The van der Waals surface area contributed by atoms with Gasteiger partial charge in [0.05, 0.1) is 16.8 Å². The molecule has 1 N–H and O–H groups in total. The largest absolute Gasteiger partial charge is 0.388 e. The fourth-order valence-corrected chi connectivity index (χ4v) is 3.96. The number of sulfone groups is 1. The first kappa shape index (κ1) is 16.0. The Hall–Kier alpha value is -1.91. The molecule has 0 spiro atoms. The van der Waals surface area contributed by atoms with E-state index in [4.69, 9.17) is 0 Å². The standard InChI is InChI=1S/C19H20O3S/c1-2-23(21,22)16-10-8-14(9-11-16)17-12-13-18(20)19(17)15-6-4-3-5-7-15/h3-11,18,20H,2,12-13H2,1H3. The maximum atomic E-state index is 11.9. The monoisotopic (exact) mass is 328 g/mol. The SMILES string of the molecule is CCS(=O)(=O)c1ccc(C2=C(c3ccccc3)C(O)CC2)cc1. The quantitative estimate of drug-likeness (QED) is 0.934. The van der Waals surface area contributed by atoms with Crippen LogP contribution in [0.5, 0.6) is 0 Å². The number of hydrogen-bond acceptors (Lipinski definition) is 3. The molecule has 0 bridgehead atoms. The molecular weight excluding hydrogens is 308 g/mol. The second kappa shape index (κ2) is 6.30. The lowest BCUT2D eigenvalue weighted by Crippen LogP contribution is -2.04. The van der Waals surface area contributed by atoms with E-state index in [1.807, 2.05) is 42.5 Å². The van der Waals surface area contributed by atoms with E-state index in [2.05, 4.69) is 0 Å². The van der Waals surface area contributed by atoms with Crippen molar-refractivity contribution in [2.45, 2.75) is 30.8 Å². The van der Waals surface area contributed by atoms with Crippen LogP contribution in [0.15, 0.2) is 59.5 Å². The molecule has 3 nitrogen and oxygen atoms in total. The highest BCUT2D eigenvalue weighted by Crippen LogP contribution is 2.40. The third-order valence-electron chi connectivity index (χ3n) is 4.35. The van der Waals surface area contributed by atoms with E-state index >= 15 is 0 Å². The van der Waals surface area contributed by atoms with E-state index < -0.39 is 15.9 Å². The third kappa shape index (κ3) is 3.09. The minimum atomic E-state index is -3.18. The number of benzene rings is 2. The number of aliphatic hydroxyl groups is 1. The van der Waals surface area contributed by atoms with Crippen molar-refractivity contribution in [3.8, 4) is 0 Å². The number of rotatable bonds is 4. The minimum Gasteiger partial charge on any atom is -0.388 e. The summed E-state index contributed by atoms with van der Waals surface area (Å²) in [5.41, 5.74) is 4.06. The van der Waals surface area contributed by atoms with Crippen molar-refractivity contribution in [1.82, 2.24) is 0 Å². The highest BCUT2D eigenvalue weighted by Gasteiger charge is 2.25. The molecule has 0 aliphatic heterocycles. The Morgan fingerprint density at radius 1 is 1.00 bits per heavy atom. The van der Waals surface area contributed by atoms with Crippen molar-refractivity contribution in [3.05, 3.63) is 65.7 Å². The molecule has 0 saturated heterocycles. The summed E-state index contributed by atoms with van der Waals surface area (Å²) in [5.74, 6) is 0.100. The predicted octanol–water partition coefficient (Wildman–Crippen LogP) is 3.55. The van der Waals surface area contributed by atoms with Crippen LogP contribution in [0.4, 0.5) is 0 Å². The lowest BCUT2D eigenvalue weighted by Gasteiger charge is -2.12. The summed E-state index contributed by atoms with van der Waals surface area (Å²) in [4.78, 5) is 0.351. The Bertz CT molecular complexity index is 819. The molecule has 1 unspecified atom stereocenters. The highest BCUT2D eigenvalue weighted by molar-refractivity contribution is 7.91. The van der Waals surface area contributed by atoms with Gasteiger partial charge in [0.1, 0.15) is 0 Å². The molecule has 23 heavy (non-hydrogen) atoms. The third-order valence-corrected chi connectivity index (χ3v) is 6.10. The lowest BCUT2D eigenvalue weighted by molar-refractivity contribution is 0.231. The van der Waals surface area contributed by atoms with Crippen molar-refractivity contribution in [2.24, 2.45) is 0 Å². The second-order valence-electron chi connectivity index (χ2n) is 5.74. The van der Waals surface area contributed by atoms with Gasteiger partial charge in [-0.15, -0.1) is 0 Å². The summed E-state index contributed by atoms with van der Waals surface area (Å²) in [6.07, 6.45) is 1.03. The lowest BCUT2D eigenvalue weighted by atomic mass is 9.96. The summed E-state index contributed by atoms with van der Waals surface area (Å²) < 4.78 is 23.8. The molecule has 0 heterocycles. The molecule has 0 radical (unpaired) electrons. The van der Waals surface area contributed by atoms with Crippen molar-refractivity contribution < 1.29 is 13.5 Å². The molecule has 0 amide bonds. The van der Waals surface area contributed by atoms with E-state index in [1.165, 1.54) is 0 Å². The molecule has 1 atom stereocenters. The first-order chi connectivity index (χ1) is 11.0. The van der Waals surface area contributed by atoms with Gasteiger partial charge in [0.15, 0.2) is 9.84 Å². The molecule has 2 aromatic rings. The van der Waals surface area contributed by atoms with E-state index in [1.54, 1.807) is 19.1 Å². The Balaban J connectivity index is 2.04. The first-order valence-electron chi connectivity index (χ1n) is 7.82. The Labute approximate surface area is 137 Å². The van der Waals surface area contributed by atoms with E-state index in [9.17, 15) is 13.5 Å². The topological polar surface area (TPSA) is 54.4 Å². The van der Waals surface area contributed by atoms with Gasteiger partial charge < -0.3 is 5.11 Å². The van der Waals surface area contributed by atoms with Gasteiger partial charge in [-0.25, -0.2) is 8.42 Å². The van der Waals surface area contributed by atoms with Crippen molar-refractivity contribution in [1.29, 1.82) is 0 Å². The Kier molecular flexibility index (Phi) is 4.37. The summed E-state index contributed by atoms with van der Waals surface area (Å²) in [5, 5.41) is 10.3. The maximum absolute atomic E-state index is 11.9. The Morgan fingerprint density at radius 2 is 1.65 bits per heavy atom. The van der Waals surface area contributed by atoms with Crippen molar-refractivity contribution >= 4 is 21.0 Å². The van der Waals surface area contributed by atoms with Crippen LogP contribution in [0, 0.1) is 0 Å². The van der Waals surface area contributed by atoms with Crippen LogP contribution in [0.2, 0.25) is 0 Å². The summed E-state index contributed by atoms with van der Waals surface area (Å²) in [7, 11) is -3.18. The van der Waals surface area contributed by atoms with E-state index in [0.717, 1.165) is 28.7 Å². The zero-order valence-electron chi connectivity index (χ0n) is 13.1. The molecule has 3 rings (SSSR count). The van der Waals surface area contributed by atoms with Gasteiger partial charge in [0.2, 0.25) is 0 Å². The minimum absolute atomic E-state index is 0.100. The van der Waals surface area contributed by atoms with E-state index in [-0.39, 0.29) is 5.75 Å². The molecule has 0 saturated carbocycles. The van der Waals surface area contributed by atoms with Crippen LogP contribution in [0.1, 0.15) is 30.9 Å². The molecule has 120 valence electrons. The molecule has 0 aromatic heterocycles. The number of allylic oxidation sites excluding steroid dienone is 1. The van der Waals surface area contributed by atoms with Gasteiger partial charge in [-0.2, -0.15) is 0 Å². The first-order valence-corrected chi connectivity index (χ1v) is 9.48. The number of hydrogen-bond donors (Lipinski definition) is 1. The van der Waals surface area contributed by atoms with Crippen LogP contribution in [0.3, 0.4) is 0 Å².